The lowest BCUT2D eigenvalue weighted by molar-refractivity contribution is 0.305. The van der Waals surface area contributed by atoms with Crippen molar-refractivity contribution in [2.45, 2.75) is 33.7 Å². The Bertz CT molecular complexity index is 415. The van der Waals surface area contributed by atoms with Gasteiger partial charge in [-0.3, -0.25) is 4.98 Å². The van der Waals surface area contributed by atoms with Crippen LogP contribution in [0.15, 0.2) is 23.6 Å². The normalized spacial score (nSPS) is 12.7. The van der Waals surface area contributed by atoms with Gasteiger partial charge in [0, 0.05) is 24.4 Å². The average Bonchev–Trinajstić information content (AvgIpc) is 2.35. The highest BCUT2D eigenvalue weighted by molar-refractivity contribution is 5.85. The molecule has 0 saturated heterocycles. The number of hydrogen-bond donors (Lipinski definition) is 3. The Morgan fingerprint density at radius 1 is 1.56 bits per heavy atom. The van der Waals surface area contributed by atoms with Crippen LogP contribution in [0.1, 0.15) is 31.4 Å². The molecule has 100 valence electrons. The molecular weight excluding hydrogens is 228 g/mol. The maximum atomic E-state index is 8.68. The minimum atomic E-state index is -0.297. The Hall–Kier alpha value is -1.62. The number of pyridine rings is 1. The first-order valence-corrected chi connectivity index (χ1v) is 6.05. The number of nitrogens with one attached hydrogen (secondary N) is 1. The largest absolute Gasteiger partial charge is 0.409 e. The number of nitrogens with zero attached hydrogens (tertiary/aromatic N) is 2. The molecule has 0 aliphatic rings. The lowest BCUT2D eigenvalue weighted by Crippen LogP contribution is -2.34. The second-order valence-electron chi connectivity index (χ2n) is 5.10. The Labute approximate surface area is 108 Å². The first-order chi connectivity index (χ1) is 8.47. The van der Waals surface area contributed by atoms with E-state index in [4.69, 9.17) is 10.9 Å². The lowest BCUT2D eigenvalue weighted by atomic mass is 9.88. The molecule has 5 heteroatoms. The molecule has 0 unspecified atom stereocenters. The fraction of sp³-hybridized carbons (Fsp3) is 0.538. The van der Waals surface area contributed by atoms with Gasteiger partial charge in [0.2, 0.25) is 0 Å². The molecule has 1 aromatic rings. The summed E-state index contributed by atoms with van der Waals surface area (Å²) in [5.41, 5.74) is 7.76. The van der Waals surface area contributed by atoms with Gasteiger partial charge in [-0.25, -0.2) is 0 Å². The fourth-order valence-corrected chi connectivity index (χ4v) is 1.59. The van der Waals surface area contributed by atoms with Gasteiger partial charge in [-0.05, 0) is 37.1 Å². The molecule has 0 bridgehead atoms. The molecule has 0 fully saturated rings. The van der Waals surface area contributed by atoms with Crippen LogP contribution in [0.3, 0.4) is 0 Å². The molecule has 0 aromatic carbocycles. The summed E-state index contributed by atoms with van der Waals surface area (Å²) in [4.78, 5) is 4.06. The number of amidine groups is 1. The third-order valence-corrected chi connectivity index (χ3v) is 3.18. The van der Waals surface area contributed by atoms with Crippen LogP contribution in [0.4, 0.5) is 0 Å². The summed E-state index contributed by atoms with van der Waals surface area (Å²) in [6, 6.07) is 2.01. The van der Waals surface area contributed by atoms with E-state index in [0.29, 0.717) is 0 Å². The summed E-state index contributed by atoms with van der Waals surface area (Å²) in [5.74, 6) is 0.268. The van der Waals surface area contributed by atoms with Gasteiger partial charge in [0.15, 0.2) is 0 Å². The molecule has 4 N–H and O–H groups in total. The topological polar surface area (TPSA) is 83.5 Å². The molecular formula is C13H22N4O. The molecule has 1 aromatic heterocycles. The van der Waals surface area contributed by atoms with Crippen LogP contribution in [0, 0.1) is 12.3 Å². The molecule has 18 heavy (non-hydrogen) atoms. The van der Waals surface area contributed by atoms with Crippen molar-refractivity contribution < 1.29 is 5.21 Å². The summed E-state index contributed by atoms with van der Waals surface area (Å²) >= 11 is 0. The van der Waals surface area contributed by atoms with Gasteiger partial charge < -0.3 is 16.3 Å². The molecule has 0 atom stereocenters. The summed E-state index contributed by atoms with van der Waals surface area (Å²) in [7, 11) is 0. The molecule has 0 spiro atoms. The zero-order valence-electron chi connectivity index (χ0n) is 11.3. The summed E-state index contributed by atoms with van der Waals surface area (Å²) in [6.45, 7) is 7.58. The lowest BCUT2D eigenvalue weighted by Gasteiger charge is -2.22. The number of aromatic nitrogens is 1. The third-order valence-electron chi connectivity index (χ3n) is 3.18. The van der Waals surface area contributed by atoms with Crippen LogP contribution in [0.2, 0.25) is 0 Å². The van der Waals surface area contributed by atoms with Crippen molar-refractivity contribution in [2.75, 3.05) is 6.54 Å². The zero-order chi connectivity index (χ0) is 13.6. The number of rotatable bonds is 6. The van der Waals surface area contributed by atoms with E-state index >= 15 is 0 Å². The second kappa shape index (κ2) is 6.35. The van der Waals surface area contributed by atoms with E-state index in [1.54, 1.807) is 6.20 Å². The molecule has 0 amide bonds. The summed E-state index contributed by atoms with van der Waals surface area (Å²) < 4.78 is 0. The Morgan fingerprint density at radius 2 is 2.28 bits per heavy atom. The molecule has 0 aliphatic heterocycles. The van der Waals surface area contributed by atoms with Crippen LogP contribution in [-0.4, -0.2) is 22.6 Å². The molecule has 0 aliphatic carbocycles. The van der Waals surface area contributed by atoms with E-state index in [1.807, 2.05) is 33.0 Å². The van der Waals surface area contributed by atoms with Crippen molar-refractivity contribution >= 4 is 5.84 Å². The van der Waals surface area contributed by atoms with Crippen molar-refractivity contribution in [3.8, 4) is 0 Å². The predicted molar refractivity (Wildman–Crippen MR) is 72.5 cm³/mol. The van der Waals surface area contributed by atoms with Crippen molar-refractivity contribution in [3.05, 3.63) is 29.6 Å². The minimum Gasteiger partial charge on any atom is -0.409 e. The first-order valence-electron chi connectivity index (χ1n) is 6.05. The molecule has 5 nitrogen and oxygen atoms in total. The first kappa shape index (κ1) is 14.4. The van der Waals surface area contributed by atoms with Crippen molar-refractivity contribution in [1.29, 1.82) is 0 Å². The average molecular weight is 250 g/mol. The smallest absolute Gasteiger partial charge is 0.144 e. The zero-order valence-corrected chi connectivity index (χ0v) is 11.3. The van der Waals surface area contributed by atoms with Gasteiger partial charge in [-0.2, -0.15) is 0 Å². The van der Waals surface area contributed by atoms with E-state index in [2.05, 4.69) is 15.5 Å². The SMILES string of the molecule is Cc1cnccc1CNCCC(C)(C)/C(N)=N/O. The predicted octanol–water partition coefficient (Wildman–Crippen LogP) is 1.64. The Balaban J connectivity index is 2.38. The fourth-order valence-electron chi connectivity index (χ4n) is 1.59. The molecule has 1 heterocycles. The molecule has 1 rings (SSSR count). The van der Waals surface area contributed by atoms with Crippen molar-refractivity contribution in [2.24, 2.45) is 16.3 Å². The van der Waals surface area contributed by atoms with E-state index < -0.39 is 0 Å². The number of aryl methyl sites for hydroxylation is 1. The van der Waals surface area contributed by atoms with E-state index in [-0.39, 0.29) is 11.3 Å². The van der Waals surface area contributed by atoms with E-state index in [9.17, 15) is 0 Å². The van der Waals surface area contributed by atoms with Gasteiger partial charge >= 0.3 is 0 Å². The van der Waals surface area contributed by atoms with E-state index in [0.717, 1.165) is 19.5 Å². The maximum Gasteiger partial charge on any atom is 0.144 e. The van der Waals surface area contributed by atoms with Crippen LogP contribution >= 0.6 is 0 Å². The monoisotopic (exact) mass is 250 g/mol. The summed E-state index contributed by atoms with van der Waals surface area (Å²) in [6.07, 6.45) is 4.47. The quantitative estimate of drug-likeness (QED) is 0.236. The maximum absolute atomic E-state index is 8.68. The van der Waals surface area contributed by atoms with Gasteiger partial charge in [0.1, 0.15) is 5.84 Å². The highest BCUT2D eigenvalue weighted by Gasteiger charge is 2.22. The Morgan fingerprint density at radius 3 is 2.89 bits per heavy atom. The van der Waals surface area contributed by atoms with Gasteiger partial charge in [0.25, 0.3) is 0 Å². The summed E-state index contributed by atoms with van der Waals surface area (Å²) in [5, 5.41) is 15.1. The van der Waals surface area contributed by atoms with Crippen LogP contribution in [0.5, 0.6) is 0 Å². The number of oxime groups is 1. The van der Waals surface area contributed by atoms with Crippen LogP contribution < -0.4 is 11.1 Å². The standard InChI is InChI=1S/C13H22N4O/c1-10-8-15-6-4-11(10)9-16-7-5-13(2,3)12(14)17-18/h4,6,8,16,18H,5,7,9H2,1-3H3,(H2,14,17). The molecule has 0 radical (unpaired) electrons. The molecule has 0 saturated carbocycles. The minimum absolute atomic E-state index is 0.268. The third kappa shape index (κ3) is 4.00. The van der Waals surface area contributed by atoms with Gasteiger partial charge in [-0.1, -0.05) is 19.0 Å². The van der Waals surface area contributed by atoms with Gasteiger partial charge in [-0.15, -0.1) is 0 Å². The van der Waals surface area contributed by atoms with Crippen molar-refractivity contribution in [3.63, 3.8) is 0 Å². The van der Waals surface area contributed by atoms with Crippen LogP contribution in [-0.2, 0) is 6.54 Å². The van der Waals surface area contributed by atoms with Gasteiger partial charge in [0.05, 0.1) is 0 Å². The van der Waals surface area contributed by atoms with Crippen LogP contribution in [0.25, 0.3) is 0 Å². The van der Waals surface area contributed by atoms with Crippen molar-refractivity contribution in [1.82, 2.24) is 10.3 Å². The highest BCUT2D eigenvalue weighted by Crippen LogP contribution is 2.19. The number of hydrogen-bond acceptors (Lipinski definition) is 4. The second-order valence-corrected chi connectivity index (χ2v) is 5.10. The number of nitrogens with two attached hydrogens (primary N) is 1. The van der Waals surface area contributed by atoms with E-state index in [1.165, 1.54) is 11.1 Å². The highest BCUT2D eigenvalue weighted by atomic mass is 16.4. The Kier molecular flexibility index (Phi) is 5.09.